The molecule has 5 aromatic carbocycles. The maximum absolute atomic E-state index is 12.8. The number of carbonyl (C=O) groups excluding carboxylic acids is 1. The number of benzene rings is 5. The molecule has 6 rings (SSSR count). The molecule has 0 radical (unpaired) electrons. The first-order valence-corrected chi connectivity index (χ1v) is 14.5. The Morgan fingerprint density at radius 3 is 2.55 bits per heavy atom. The van der Waals surface area contributed by atoms with Gasteiger partial charge in [-0.2, -0.15) is 5.10 Å². The number of hydrazone groups is 1. The summed E-state index contributed by atoms with van der Waals surface area (Å²) in [6.45, 7) is 0.380. The van der Waals surface area contributed by atoms with E-state index in [1.165, 1.54) is 17.6 Å². The maximum atomic E-state index is 12.8. The molecule has 0 spiro atoms. The van der Waals surface area contributed by atoms with Crippen LogP contribution < -0.4 is 15.5 Å². The molecule has 0 aliphatic heterocycles. The standard InChI is InChI=1S/C34H25ClN4O2S/c35-28-17-18-32(41-21-26-9-6-8-23-7-4-5-12-30(23)26)27(19-28)20-36-39-33(40)25-15-13-24(14-16-25)31-22-42-34(38-31)37-29-10-2-1-3-11-29/h1-20,22H,21H2,(H,37,38)(H,39,40)/b36-20-. The van der Waals surface area contributed by atoms with Gasteiger partial charge in [0, 0.05) is 32.8 Å². The van der Waals surface area contributed by atoms with Crippen molar-refractivity contribution in [3.8, 4) is 17.0 Å². The van der Waals surface area contributed by atoms with Crippen molar-refractivity contribution in [2.75, 3.05) is 5.32 Å². The lowest BCUT2D eigenvalue weighted by molar-refractivity contribution is 0.0955. The molecule has 0 aliphatic carbocycles. The lowest BCUT2D eigenvalue weighted by Gasteiger charge is -2.11. The second-order valence-electron chi connectivity index (χ2n) is 9.41. The monoisotopic (exact) mass is 588 g/mol. The lowest BCUT2D eigenvalue weighted by atomic mass is 10.1. The van der Waals surface area contributed by atoms with Crippen molar-refractivity contribution in [3.63, 3.8) is 0 Å². The minimum atomic E-state index is -0.331. The molecule has 0 fully saturated rings. The zero-order valence-electron chi connectivity index (χ0n) is 22.3. The van der Waals surface area contributed by atoms with Crippen LogP contribution in [0.5, 0.6) is 5.75 Å². The van der Waals surface area contributed by atoms with Gasteiger partial charge in [-0.25, -0.2) is 10.4 Å². The minimum Gasteiger partial charge on any atom is -0.488 e. The fourth-order valence-electron chi connectivity index (χ4n) is 4.45. The number of amides is 1. The number of halogens is 1. The van der Waals surface area contributed by atoms with E-state index in [0.29, 0.717) is 28.5 Å². The molecule has 6 nitrogen and oxygen atoms in total. The third-order valence-electron chi connectivity index (χ3n) is 6.58. The first-order valence-electron chi connectivity index (χ1n) is 13.2. The van der Waals surface area contributed by atoms with Crippen LogP contribution in [0.2, 0.25) is 5.02 Å². The molecule has 1 amide bonds. The molecule has 0 saturated carbocycles. The van der Waals surface area contributed by atoms with Crippen molar-refractivity contribution >= 4 is 56.7 Å². The Morgan fingerprint density at radius 1 is 0.905 bits per heavy atom. The fourth-order valence-corrected chi connectivity index (χ4v) is 5.37. The second kappa shape index (κ2) is 12.7. The smallest absolute Gasteiger partial charge is 0.271 e. The van der Waals surface area contributed by atoms with Crippen molar-refractivity contribution in [3.05, 3.63) is 142 Å². The molecule has 0 aliphatic rings. The normalized spacial score (nSPS) is 11.1. The summed E-state index contributed by atoms with van der Waals surface area (Å²) in [4.78, 5) is 17.4. The summed E-state index contributed by atoms with van der Waals surface area (Å²) in [6.07, 6.45) is 1.53. The number of carbonyl (C=O) groups is 1. The second-order valence-corrected chi connectivity index (χ2v) is 10.7. The molecule has 42 heavy (non-hydrogen) atoms. The van der Waals surface area contributed by atoms with Crippen LogP contribution in [-0.4, -0.2) is 17.1 Å². The van der Waals surface area contributed by atoms with Crippen LogP contribution in [0, 0.1) is 0 Å². The number of nitrogens with zero attached hydrogens (tertiary/aromatic N) is 2. The highest BCUT2D eigenvalue weighted by molar-refractivity contribution is 7.14. The van der Waals surface area contributed by atoms with Crippen molar-refractivity contribution in [1.82, 2.24) is 10.4 Å². The molecule has 2 N–H and O–H groups in total. The highest BCUT2D eigenvalue weighted by Gasteiger charge is 2.10. The molecule has 0 bridgehead atoms. The van der Waals surface area contributed by atoms with Gasteiger partial charge in [0.2, 0.25) is 0 Å². The summed E-state index contributed by atoms with van der Waals surface area (Å²) in [7, 11) is 0. The van der Waals surface area contributed by atoms with Gasteiger partial charge >= 0.3 is 0 Å². The zero-order valence-corrected chi connectivity index (χ0v) is 23.9. The largest absolute Gasteiger partial charge is 0.488 e. The predicted molar refractivity (Wildman–Crippen MR) is 172 cm³/mol. The zero-order chi connectivity index (χ0) is 28.7. The van der Waals surface area contributed by atoms with Gasteiger partial charge in [0.1, 0.15) is 12.4 Å². The van der Waals surface area contributed by atoms with E-state index in [0.717, 1.165) is 38.4 Å². The minimum absolute atomic E-state index is 0.331. The highest BCUT2D eigenvalue weighted by Crippen LogP contribution is 2.28. The molecule has 0 unspecified atom stereocenters. The van der Waals surface area contributed by atoms with Gasteiger partial charge in [0.15, 0.2) is 5.13 Å². The first-order chi connectivity index (χ1) is 20.6. The number of aromatic nitrogens is 1. The molecular formula is C34H25ClN4O2S. The van der Waals surface area contributed by atoms with Gasteiger partial charge in [-0.05, 0) is 58.8 Å². The van der Waals surface area contributed by atoms with E-state index < -0.39 is 0 Å². The van der Waals surface area contributed by atoms with Crippen LogP contribution in [-0.2, 0) is 6.61 Å². The summed E-state index contributed by atoms with van der Waals surface area (Å²) in [5.41, 5.74) is 7.53. The van der Waals surface area contributed by atoms with Crippen LogP contribution in [0.1, 0.15) is 21.5 Å². The van der Waals surface area contributed by atoms with E-state index in [9.17, 15) is 4.79 Å². The van der Waals surface area contributed by atoms with E-state index in [1.54, 1.807) is 30.3 Å². The third kappa shape index (κ3) is 6.49. The highest BCUT2D eigenvalue weighted by atomic mass is 35.5. The van der Waals surface area contributed by atoms with Gasteiger partial charge < -0.3 is 10.1 Å². The van der Waals surface area contributed by atoms with E-state index in [2.05, 4.69) is 39.0 Å². The number of nitrogens with one attached hydrogen (secondary N) is 2. The molecule has 6 aromatic rings. The Labute approximate surface area is 252 Å². The molecule has 0 saturated heterocycles. The summed E-state index contributed by atoms with van der Waals surface area (Å²) in [6, 6.07) is 36.8. The van der Waals surface area contributed by atoms with Crippen molar-refractivity contribution in [1.29, 1.82) is 0 Å². The Bertz CT molecular complexity index is 1870. The van der Waals surface area contributed by atoms with Crippen molar-refractivity contribution in [2.45, 2.75) is 6.61 Å². The Hall–Kier alpha value is -4.98. The Kier molecular flexibility index (Phi) is 8.21. The quantitative estimate of drug-likeness (QED) is 0.131. The number of anilines is 2. The van der Waals surface area contributed by atoms with Gasteiger partial charge in [-0.15, -0.1) is 11.3 Å². The SMILES string of the molecule is O=C(N/N=C\c1cc(Cl)ccc1OCc1cccc2ccccc12)c1ccc(-c2csc(Nc3ccccc3)n2)cc1. The molecule has 206 valence electrons. The molecule has 0 atom stereocenters. The van der Waals surface area contributed by atoms with Crippen molar-refractivity contribution in [2.24, 2.45) is 5.10 Å². The summed E-state index contributed by atoms with van der Waals surface area (Å²) in [5, 5.41) is 13.1. The average molecular weight is 589 g/mol. The summed E-state index contributed by atoms with van der Waals surface area (Å²) >= 11 is 7.77. The number of fused-ring (bicyclic) bond motifs is 1. The average Bonchev–Trinajstić information content (AvgIpc) is 3.49. The number of para-hydroxylation sites is 1. The van der Waals surface area contributed by atoms with E-state index in [-0.39, 0.29) is 5.91 Å². The van der Waals surface area contributed by atoms with E-state index in [1.807, 2.05) is 72.1 Å². The van der Waals surface area contributed by atoms with Crippen LogP contribution >= 0.6 is 22.9 Å². The van der Waals surface area contributed by atoms with Crippen LogP contribution in [0.25, 0.3) is 22.0 Å². The molecule has 8 heteroatoms. The molecule has 1 aromatic heterocycles. The van der Waals surface area contributed by atoms with Crippen molar-refractivity contribution < 1.29 is 9.53 Å². The van der Waals surface area contributed by atoms with E-state index >= 15 is 0 Å². The van der Waals surface area contributed by atoms with Gasteiger partial charge in [0.25, 0.3) is 5.91 Å². The van der Waals surface area contributed by atoms with Crippen LogP contribution in [0.3, 0.4) is 0 Å². The Morgan fingerprint density at radius 2 is 1.69 bits per heavy atom. The fraction of sp³-hybridized carbons (Fsp3) is 0.0294. The van der Waals surface area contributed by atoms with Gasteiger partial charge in [-0.3, -0.25) is 4.79 Å². The predicted octanol–water partition coefficient (Wildman–Crippen LogP) is 8.70. The first kappa shape index (κ1) is 27.2. The molecular weight excluding hydrogens is 564 g/mol. The number of hydrogen-bond donors (Lipinski definition) is 2. The van der Waals surface area contributed by atoms with Crippen LogP contribution in [0.4, 0.5) is 10.8 Å². The maximum Gasteiger partial charge on any atom is 0.271 e. The topological polar surface area (TPSA) is 75.6 Å². The molecule has 1 heterocycles. The number of rotatable bonds is 9. The van der Waals surface area contributed by atoms with Crippen LogP contribution in [0.15, 0.2) is 126 Å². The summed E-state index contributed by atoms with van der Waals surface area (Å²) < 4.78 is 6.15. The Balaban J connectivity index is 1.09. The number of hydrogen-bond acceptors (Lipinski definition) is 6. The van der Waals surface area contributed by atoms with Gasteiger partial charge in [-0.1, -0.05) is 84.4 Å². The number of ether oxygens (including phenoxy) is 1. The summed E-state index contributed by atoms with van der Waals surface area (Å²) in [5.74, 6) is 0.279. The lowest BCUT2D eigenvalue weighted by Crippen LogP contribution is -2.17. The van der Waals surface area contributed by atoms with Gasteiger partial charge in [0.05, 0.1) is 11.9 Å². The van der Waals surface area contributed by atoms with E-state index in [4.69, 9.17) is 16.3 Å². The number of thiazole rings is 1. The third-order valence-corrected chi connectivity index (χ3v) is 7.57.